The van der Waals surface area contributed by atoms with Crippen molar-refractivity contribution in [3.63, 3.8) is 0 Å². The lowest BCUT2D eigenvalue weighted by Crippen LogP contribution is -2.05. The molecule has 0 radical (unpaired) electrons. The minimum absolute atomic E-state index is 0.583. The summed E-state index contributed by atoms with van der Waals surface area (Å²) in [7, 11) is 0. The number of anilines is 1. The minimum atomic E-state index is 0.583. The van der Waals surface area contributed by atoms with Crippen molar-refractivity contribution in [3.05, 3.63) is 40.0 Å². The summed E-state index contributed by atoms with van der Waals surface area (Å²) >= 11 is 3.45. The summed E-state index contributed by atoms with van der Waals surface area (Å²) in [5.74, 6) is 1.97. The molecule has 1 aromatic carbocycles. The molecule has 0 amide bonds. The highest BCUT2D eigenvalue weighted by Crippen LogP contribution is 2.29. The zero-order chi connectivity index (χ0) is 14.5. The standard InChI is InChI=1S/C15H18BrN3O/c1-4-7-17-15-18-9-11(3)14(19-15)20-13-8-12(16)6-5-10(13)2/h5-6,8-9H,4,7H2,1-3H3,(H,17,18,19). The highest BCUT2D eigenvalue weighted by molar-refractivity contribution is 9.10. The molecule has 0 fully saturated rings. The fraction of sp³-hybridized carbons (Fsp3) is 0.333. The van der Waals surface area contributed by atoms with Crippen molar-refractivity contribution in [2.45, 2.75) is 27.2 Å². The SMILES string of the molecule is CCCNc1ncc(C)c(Oc2cc(Br)ccc2C)n1. The summed E-state index contributed by atoms with van der Waals surface area (Å²) in [5.41, 5.74) is 1.97. The van der Waals surface area contributed by atoms with E-state index in [2.05, 4.69) is 38.1 Å². The number of ether oxygens (including phenoxy) is 1. The minimum Gasteiger partial charge on any atom is -0.438 e. The van der Waals surface area contributed by atoms with E-state index in [9.17, 15) is 0 Å². The molecule has 0 saturated carbocycles. The van der Waals surface area contributed by atoms with E-state index in [0.29, 0.717) is 11.8 Å². The molecule has 0 atom stereocenters. The molecule has 2 rings (SSSR count). The van der Waals surface area contributed by atoms with E-state index in [0.717, 1.165) is 34.3 Å². The lowest BCUT2D eigenvalue weighted by Gasteiger charge is -2.11. The number of nitrogens with zero attached hydrogens (tertiary/aromatic N) is 2. The van der Waals surface area contributed by atoms with Gasteiger partial charge in [-0.2, -0.15) is 4.98 Å². The first-order valence-corrected chi connectivity index (χ1v) is 7.41. The number of hydrogen-bond donors (Lipinski definition) is 1. The molecule has 0 saturated heterocycles. The summed E-state index contributed by atoms with van der Waals surface area (Å²) < 4.78 is 6.90. The van der Waals surface area contributed by atoms with Gasteiger partial charge in [0.05, 0.1) is 0 Å². The van der Waals surface area contributed by atoms with Crippen LogP contribution < -0.4 is 10.1 Å². The number of benzene rings is 1. The molecule has 1 N–H and O–H groups in total. The molecule has 1 heterocycles. The van der Waals surface area contributed by atoms with Gasteiger partial charge in [0.2, 0.25) is 11.8 Å². The highest BCUT2D eigenvalue weighted by atomic mass is 79.9. The summed E-state index contributed by atoms with van der Waals surface area (Å²) in [6, 6.07) is 5.94. The van der Waals surface area contributed by atoms with E-state index in [1.807, 2.05) is 32.0 Å². The maximum atomic E-state index is 5.92. The van der Waals surface area contributed by atoms with Crippen molar-refractivity contribution < 1.29 is 4.74 Å². The van der Waals surface area contributed by atoms with Crippen molar-refractivity contribution >= 4 is 21.9 Å². The Morgan fingerprint density at radius 1 is 1.25 bits per heavy atom. The van der Waals surface area contributed by atoms with Gasteiger partial charge in [0.15, 0.2) is 0 Å². The van der Waals surface area contributed by atoms with Gasteiger partial charge in [-0.05, 0) is 38.0 Å². The van der Waals surface area contributed by atoms with Gasteiger partial charge >= 0.3 is 0 Å². The average Bonchev–Trinajstić information content (AvgIpc) is 2.43. The predicted molar refractivity (Wildman–Crippen MR) is 84.5 cm³/mol. The Morgan fingerprint density at radius 3 is 2.80 bits per heavy atom. The first-order chi connectivity index (χ1) is 9.60. The molecule has 4 nitrogen and oxygen atoms in total. The van der Waals surface area contributed by atoms with E-state index in [-0.39, 0.29) is 0 Å². The van der Waals surface area contributed by atoms with Crippen LogP contribution in [0.3, 0.4) is 0 Å². The number of nitrogens with one attached hydrogen (secondary N) is 1. The predicted octanol–water partition coefficient (Wildman–Crippen LogP) is 4.47. The van der Waals surface area contributed by atoms with Gasteiger partial charge in [-0.3, -0.25) is 0 Å². The van der Waals surface area contributed by atoms with Gasteiger partial charge < -0.3 is 10.1 Å². The Hall–Kier alpha value is -1.62. The average molecular weight is 336 g/mol. The van der Waals surface area contributed by atoms with Crippen LogP contribution in [0.4, 0.5) is 5.95 Å². The maximum Gasteiger partial charge on any atom is 0.226 e. The molecule has 1 aromatic heterocycles. The first-order valence-electron chi connectivity index (χ1n) is 6.61. The maximum absolute atomic E-state index is 5.92. The van der Waals surface area contributed by atoms with Crippen molar-refractivity contribution in [3.8, 4) is 11.6 Å². The van der Waals surface area contributed by atoms with E-state index in [1.54, 1.807) is 6.20 Å². The van der Waals surface area contributed by atoms with E-state index in [4.69, 9.17) is 4.74 Å². The molecular formula is C15H18BrN3O. The van der Waals surface area contributed by atoms with Crippen molar-refractivity contribution in [2.24, 2.45) is 0 Å². The van der Waals surface area contributed by atoms with Crippen LogP contribution in [-0.2, 0) is 0 Å². The molecule has 5 heteroatoms. The second-order valence-corrected chi connectivity index (χ2v) is 5.54. The van der Waals surface area contributed by atoms with E-state index >= 15 is 0 Å². The van der Waals surface area contributed by atoms with Crippen LogP contribution in [-0.4, -0.2) is 16.5 Å². The Balaban J connectivity index is 2.25. The third-order valence-electron chi connectivity index (χ3n) is 2.82. The smallest absolute Gasteiger partial charge is 0.226 e. The molecule has 0 aliphatic rings. The Morgan fingerprint density at radius 2 is 2.05 bits per heavy atom. The molecule has 0 bridgehead atoms. The summed E-state index contributed by atoms with van der Waals surface area (Å²) in [6.07, 6.45) is 2.80. The van der Waals surface area contributed by atoms with Gasteiger partial charge in [-0.15, -0.1) is 0 Å². The number of halogens is 1. The molecule has 106 valence electrons. The van der Waals surface area contributed by atoms with Gasteiger partial charge in [0.25, 0.3) is 0 Å². The number of rotatable bonds is 5. The third-order valence-corrected chi connectivity index (χ3v) is 3.31. The lowest BCUT2D eigenvalue weighted by atomic mass is 10.2. The van der Waals surface area contributed by atoms with Crippen LogP contribution in [0.2, 0.25) is 0 Å². The van der Waals surface area contributed by atoms with Crippen molar-refractivity contribution in [2.75, 3.05) is 11.9 Å². The molecule has 20 heavy (non-hydrogen) atoms. The number of aryl methyl sites for hydroxylation is 2. The largest absolute Gasteiger partial charge is 0.438 e. The van der Waals surface area contributed by atoms with Crippen LogP contribution in [0, 0.1) is 13.8 Å². The summed E-state index contributed by atoms with van der Waals surface area (Å²) in [5, 5.41) is 3.16. The summed E-state index contributed by atoms with van der Waals surface area (Å²) in [6.45, 7) is 6.89. The third kappa shape index (κ3) is 3.70. The Labute approximate surface area is 127 Å². The molecule has 0 spiro atoms. The van der Waals surface area contributed by atoms with E-state index in [1.165, 1.54) is 0 Å². The molecule has 2 aromatic rings. The molecule has 0 aliphatic heterocycles. The topological polar surface area (TPSA) is 47.0 Å². The Kier molecular flexibility index (Phi) is 4.95. The zero-order valence-corrected chi connectivity index (χ0v) is 13.5. The van der Waals surface area contributed by atoms with Crippen LogP contribution >= 0.6 is 15.9 Å². The van der Waals surface area contributed by atoms with E-state index < -0.39 is 0 Å². The van der Waals surface area contributed by atoms with Gasteiger partial charge in [0, 0.05) is 22.8 Å². The molecule has 0 aliphatic carbocycles. The lowest BCUT2D eigenvalue weighted by molar-refractivity contribution is 0.454. The van der Waals surface area contributed by atoms with Gasteiger partial charge in [0.1, 0.15) is 5.75 Å². The van der Waals surface area contributed by atoms with Crippen molar-refractivity contribution in [1.29, 1.82) is 0 Å². The van der Waals surface area contributed by atoms with Crippen molar-refractivity contribution in [1.82, 2.24) is 9.97 Å². The molecule has 0 unspecified atom stereocenters. The van der Waals surface area contributed by atoms with Crippen LogP contribution in [0.25, 0.3) is 0 Å². The number of hydrogen-bond acceptors (Lipinski definition) is 4. The number of aromatic nitrogens is 2. The Bertz CT molecular complexity index is 602. The monoisotopic (exact) mass is 335 g/mol. The molecular weight excluding hydrogens is 318 g/mol. The normalized spacial score (nSPS) is 10.4. The fourth-order valence-electron chi connectivity index (χ4n) is 1.64. The van der Waals surface area contributed by atoms with Gasteiger partial charge in [-0.25, -0.2) is 4.98 Å². The van der Waals surface area contributed by atoms with Gasteiger partial charge in [-0.1, -0.05) is 28.9 Å². The summed E-state index contributed by atoms with van der Waals surface area (Å²) in [4.78, 5) is 8.66. The zero-order valence-electron chi connectivity index (χ0n) is 11.9. The van der Waals surface area contributed by atoms with Crippen LogP contribution in [0.15, 0.2) is 28.9 Å². The van der Waals surface area contributed by atoms with Crippen LogP contribution in [0.1, 0.15) is 24.5 Å². The first kappa shape index (κ1) is 14.8. The highest BCUT2D eigenvalue weighted by Gasteiger charge is 2.08. The quantitative estimate of drug-likeness (QED) is 0.875. The second kappa shape index (κ2) is 6.70. The van der Waals surface area contributed by atoms with Crippen LogP contribution in [0.5, 0.6) is 11.6 Å². The fourth-order valence-corrected chi connectivity index (χ4v) is 1.98. The second-order valence-electron chi connectivity index (χ2n) is 4.62.